The number of hydrogen-bond acceptors (Lipinski definition) is 5. The van der Waals surface area contributed by atoms with Crippen LogP contribution >= 0.6 is 11.8 Å². The molecule has 0 unspecified atom stereocenters. The minimum Gasteiger partial charge on any atom is -0.359 e. The number of pyridine rings is 1. The van der Waals surface area contributed by atoms with E-state index in [0.717, 1.165) is 0 Å². The highest BCUT2D eigenvalue weighted by atomic mass is 32.2. The number of aromatic amines is 1. The summed E-state index contributed by atoms with van der Waals surface area (Å²) in [4.78, 5) is 25.6. The molecule has 0 aliphatic rings. The van der Waals surface area contributed by atoms with Crippen molar-refractivity contribution >= 4 is 28.4 Å². The highest BCUT2D eigenvalue weighted by molar-refractivity contribution is 7.98. The molecular weight excluding hydrogens is 254 g/mol. The minimum atomic E-state index is -0.558. The van der Waals surface area contributed by atoms with E-state index in [-0.39, 0.29) is 16.6 Å². The van der Waals surface area contributed by atoms with Gasteiger partial charge in [0.05, 0.1) is 15.8 Å². The molecule has 90 valence electrons. The van der Waals surface area contributed by atoms with Gasteiger partial charge in [-0.05, 0) is 6.26 Å². The first-order valence-electron chi connectivity index (χ1n) is 4.86. The molecule has 7 heteroatoms. The smallest absolute Gasteiger partial charge is 0.271 e. The molecule has 2 rings (SSSR count). The van der Waals surface area contributed by atoms with E-state index in [2.05, 4.69) is 4.98 Å². The first-order valence-corrected chi connectivity index (χ1v) is 6.09. The summed E-state index contributed by atoms with van der Waals surface area (Å²) in [6.07, 6.45) is 3.07. The number of H-pyrrole nitrogens is 1. The molecule has 0 aliphatic heterocycles. The van der Waals surface area contributed by atoms with E-state index >= 15 is 0 Å². The quantitative estimate of drug-likeness (QED) is 0.506. The van der Waals surface area contributed by atoms with Crippen LogP contribution in [-0.2, 0) is 0 Å². The average Bonchev–Trinajstić information content (AvgIpc) is 2.38. The Labute approximate surface area is 105 Å². The molecular formula is C11H7N3O3S. The zero-order valence-corrected chi connectivity index (χ0v) is 10.1. The normalized spacial score (nSPS) is 10.2. The lowest BCUT2D eigenvalue weighted by Gasteiger charge is -2.04. The molecule has 0 saturated heterocycles. The molecule has 1 aromatic carbocycles. The molecule has 0 aliphatic carbocycles. The lowest BCUT2D eigenvalue weighted by Crippen LogP contribution is -2.08. The van der Waals surface area contributed by atoms with E-state index in [1.807, 2.05) is 0 Å². The van der Waals surface area contributed by atoms with Gasteiger partial charge in [-0.3, -0.25) is 14.9 Å². The number of nitrogens with zero attached hydrogens (tertiary/aromatic N) is 2. The Morgan fingerprint density at radius 3 is 2.78 bits per heavy atom. The largest absolute Gasteiger partial charge is 0.359 e. The van der Waals surface area contributed by atoms with Crippen LogP contribution < -0.4 is 5.43 Å². The van der Waals surface area contributed by atoms with Crippen molar-refractivity contribution in [3.63, 3.8) is 0 Å². The Hall–Kier alpha value is -2.33. The van der Waals surface area contributed by atoms with Crippen LogP contribution in [-0.4, -0.2) is 16.2 Å². The molecule has 0 saturated carbocycles. The number of benzene rings is 1. The zero-order chi connectivity index (χ0) is 13.3. The number of nitro benzene ring substituents is 1. The number of hydrogen-bond donors (Lipinski definition) is 1. The standard InChI is InChI=1S/C11H7N3O3S/c1-18-9-3-7(14(16)17)2-8-10(9)13-5-6(4-12)11(8)15/h2-3,5H,1H3,(H,13,15). The fourth-order valence-electron chi connectivity index (χ4n) is 1.63. The van der Waals surface area contributed by atoms with Gasteiger partial charge >= 0.3 is 0 Å². The molecule has 6 nitrogen and oxygen atoms in total. The van der Waals surface area contributed by atoms with Crippen molar-refractivity contribution in [2.24, 2.45) is 0 Å². The van der Waals surface area contributed by atoms with E-state index in [4.69, 9.17) is 5.26 Å². The summed E-state index contributed by atoms with van der Waals surface area (Å²) >= 11 is 1.29. The van der Waals surface area contributed by atoms with Crippen molar-refractivity contribution in [1.29, 1.82) is 5.26 Å². The maximum Gasteiger partial charge on any atom is 0.271 e. The molecule has 0 bridgehead atoms. The first kappa shape index (κ1) is 12.1. The Morgan fingerprint density at radius 2 is 2.22 bits per heavy atom. The number of aromatic nitrogens is 1. The molecule has 0 amide bonds. The lowest BCUT2D eigenvalue weighted by atomic mass is 10.1. The highest BCUT2D eigenvalue weighted by Gasteiger charge is 2.15. The van der Waals surface area contributed by atoms with Gasteiger partial charge in [0.2, 0.25) is 5.43 Å². The molecule has 18 heavy (non-hydrogen) atoms. The monoisotopic (exact) mass is 261 g/mol. The Kier molecular flexibility index (Phi) is 3.04. The molecule has 1 N–H and O–H groups in total. The molecule has 1 aromatic heterocycles. The number of nitrogens with one attached hydrogen (secondary N) is 1. The third kappa shape index (κ3) is 1.83. The second-order valence-electron chi connectivity index (χ2n) is 3.47. The molecule has 2 aromatic rings. The number of non-ortho nitro benzene ring substituents is 1. The first-order chi connectivity index (χ1) is 8.58. The van der Waals surface area contributed by atoms with Gasteiger partial charge in [0.15, 0.2) is 0 Å². The average molecular weight is 261 g/mol. The van der Waals surface area contributed by atoms with Crippen molar-refractivity contribution in [2.45, 2.75) is 4.90 Å². The van der Waals surface area contributed by atoms with Crippen LogP contribution in [0.3, 0.4) is 0 Å². The summed E-state index contributed by atoms with van der Waals surface area (Å²) in [5.41, 5.74) is -0.204. The summed E-state index contributed by atoms with van der Waals surface area (Å²) in [6.45, 7) is 0. The van der Waals surface area contributed by atoms with Gasteiger partial charge in [0.25, 0.3) is 5.69 Å². The van der Waals surface area contributed by atoms with Crippen molar-refractivity contribution in [1.82, 2.24) is 4.98 Å². The summed E-state index contributed by atoms with van der Waals surface area (Å²) in [6, 6.07) is 4.34. The second kappa shape index (κ2) is 4.50. The van der Waals surface area contributed by atoms with E-state index in [0.29, 0.717) is 10.4 Å². The van der Waals surface area contributed by atoms with Gasteiger partial charge in [-0.25, -0.2) is 0 Å². The Balaban J connectivity index is 2.94. The SMILES string of the molecule is CSc1cc([N+](=O)[O-])cc2c(=O)c(C#N)c[nH]c12. The Morgan fingerprint density at radius 1 is 1.50 bits per heavy atom. The Bertz CT molecular complexity index is 746. The summed E-state index contributed by atoms with van der Waals surface area (Å²) in [5.74, 6) is 0. The molecule has 0 spiro atoms. The predicted octanol–water partition coefficient (Wildman–Crippen LogP) is 2.03. The van der Waals surface area contributed by atoms with Crippen LogP contribution in [0.1, 0.15) is 5.56 Å². The minimum absolute atomic E-state index is 0.0601. The number of nitriles is 1. The maximum absolute atomic E-state index is 11.9. The fraction of sp³-hybridized carbons (Fsp3) is 0.0909. The third-order valence-corrected chi connectivity index (χ3v) is 3.25. The van der Waals surface area contributed by atoms with Crippen molar-refractivity contribution in [3.8, 4) is 6.07 Å². The van der Waals surface area contributed by atoms with Gasteiger partial charge < -0.3 is 4.98 Å². The van der Waals surface area contributed by atoms with Crippen molar-refractivity contribution in [3.05, 3.63) is 44.2 Å². The highest BCUT2D eigenvalue weighted by Crippen LogP contribution is 2.28. The number of thioether (sulfide) groups is 1. The van der Waals surface area contributed by atoms with Gasteiger partial charge in [-0.2, -0.15) is 5.26 Å². The number of nitro groups is 1. The lowest BCUT2D eigenvalue weighted by molar-refractivity contribution is -0.384. The topological polar surface area (TPSA) is 99.8 Å². The number of fused-ring (bicyclic) bond motifs is 1. The van der Waals surface area contributed by atoms with Gasteiger partial charge in [-0.15, -0.1) is 11.8 Å². The van der Waals surface area contributed by atoms with Gasteiger partial charge in [0, 0.05) is 23.2 Å². The van der Waals surface area contributed by atoms with Crippen LogP contribution in [0.15, 0.2) is 28.0 Å². The van der Waals surface area contributed by atoms with Crippen LogP contribution in [0.2, 0.25) is 0 Å². The van der Waals surface area contributed by atoms with Crippen LogP contribution in [0.25, 0.3) is 10.9 Å². The van der Waals surface area contributed by atoms with Crippen molar-refractivity contribution in [2.75, 3.05) is 6.26 Å². The van der Waals surface area contributed by atoms with Crippen LogP contribution in [0.5, 0.6) is 0 Å². The van der Waals surface area contributed by atoms with E-state index in [1.54, 1.807) is 12.3 Å². The molecule has 1 heterocycles. The van der Waals surface area contributed by atoms with E-state index in [9.17, 15) is 14.9 Å². The zero-order valence-electron chi connectivity index (χ0n) is 9.26. The molecule has 0 fully saturated rings. The van der Waals surface area contributed by atoms with Gasteiger partial charge in [0.1, 0.15) is 11.6 Å². The maximum atomic E-state index is 11.9. The van der Waals surface area contributed by atoms with Crippen LogP contribution in [0.4, 0.5) is 5.69 Å². The summed E-state index contributed by atoms with van der Waals surface area (Å²) in [5, 5.41) is 19.7. The van der Waals surface area contributed by atoms with Crippen LogP contribution in [0, 0.1) is 21.4 Å². The summed E-state index contributed by atoms with van der Waals surface area (Å²) < 4.78 is 0. The number of rotatable bonds is 2. The molecule has 0 radical (unpaired) electrons. The second-order valence-corrected chi connectivity index (χ2v) is 4.32. The molecule has 0 atom stereocenters. The van der Waals surface area contributed by atoms with Crippen molar-refractivity contribution < 1.29 is 4.92 Å². The third-order valence-electron chi connectivity index (χ3n) is 2.49. The summed E-state index contributed by atoms with van der Waals surface area (Å²) in [7, 11) is 0. The fourth-order valence-corrected chi connectivity index (χ4v) is 2.24. The van der Waals surface area contributed by atoms with E-state index < -0.39 is 10.4 Å². The predicted molar refractivity (Wildman–Crippen MR) is 67.7 cm³/mol. The van der Waals surface area contributed by atoms with E-state index in [1.165, 1.54) is 30.1 Å². The van der Waals surface area contributed by atoms with Gasteiger partial charge in [-0.1, -0.05) is 0 Å².